The molecule has 166 valence electrons. The van der Waals surface area contributed by atoms with Crippen molar-refractivity contribution in [3.63, 3.8) is 0 Å². The smallest absolute Gasteiger partial charge is 0.324 e. The summed E-state index contributed by atoms with van der Waals surface area (Å²) < 4.78 is 2.37. The maximum Gasteiger partial charge on any atom is 0.332 e. The third-order valence-corrected chi connectivity index (χ3v) is 6.47. The molecule has 0 N–H and O–H groups in total. The van der Waals surface area contributed by atoms with E-state index < -0.39 is 11.2 Å². The summed E-state index contributed by atoms with van der Waals surface area (Å²) in [5.41, 5.74) is 1.48. The molecular formula is C24H18Cl2N4O3. The van der Waals surface area contributed by atoms with Gasteiger partial charge in [-0.3, -0.25) is 18.7 Å². The van der Waals surface area contributed by atoms with E-state index in [0.29, 0.717) is 45.7 Å². The average molecular weight is 481 g/mol. The van der Waals surface area contributed by atoms with Crippen LogP contribution in [0.2, 0.25) is 10.0 Å². The number of hydrogen-bond donors (Lipinski definition) is 0. The summed E-state index contributed by atoms with van der Waals surface area (Å²) in [5, 5.41) is 1.11. The van der Waals surface area contributed by atoms with Crippen molar-refractivity contribution in [3.05, 3.63) is 102 Å². The van der Waals surface area contributed by atoms with Crippen LogP contribution in [0.5, 0.6) is 0 Å². The molecule has 3 aromatic rings. The third kappa shape index (κ3) is 3.35. The van der Waals surface area contributed by atoms with Gasteiger partial charge in [0.05, 0.1) is 5.70 Å². The molecule has 9 heteroatoms. The lowest BCUT2D eigenvalue weighted by molar-refractivity contribution is 0.103. The van der Waals surface area contributed by atoms with Crippen LogP contribution in [-0.2, 0) is 14.1 Å². The number of aromatic nitrogens is 2. The third-order valence-electron chi connectivity index (χ3n) is 5.96. The molecular weight excluding hydrogens is 463 g/mol. The van der Waals surface area contributed by atoms with Crippen molar-refractivity contribution in [3.8, 4) is 0 Å². The quantitative estimate of drug-likeness (QED) is 0.534. The predicted octanol–water partition coefficient (Wildman–Crippen LogP) is 3.78. The summed E-state index contributed by atoms with van der Waals surface area (Å²) in [7, 11) is 2.99. The molecule has 0 aliphatic carbocycles. The van der Waals surface area contributed by atoms with Crippen molar-refractivity contribution in [2.24, 2.45) is 19.1 Å². The minimum Gasteiger partial charge on any atom is -0.324 e. The first kappa shape index (κ1) is 21.4. The van der Waals surface area contributed by atoms with Gasteiger partial charge in [-0.1, -0.05) is 23.2 Å². The number of Topliss-reactive ketones (excluding diaryl/α,β-unsaturated/α-hetero) is 1. The molecule has 0 bridgehead atoms. The van der Waals surface area contributed by atoms with Crippen LogP contribution in [0, 0.1) is 0 Å². The van der Waals surface area contributed by atoms with Crippen molar-refractivity contribution in [1.29, 1.82) is 0 Å². The van der Waals surface area contributed by atoms with E-state index in [1.54, 1.807) is 43.4 Å². The zero-order valence-electron chi connectivity index (χ0n) is 17.8. The maximum atomic E-state index is 13.5. The fourth-order valence-electron chi connectivity index (χ4n) is 4.26. The number of ketones is 1. The summed E-state index contributed by atoms with van der Waals surface area (Å²) >= 11 is 12.1. The van der Waals surface area contributed by atoms with E-state index in [9.17, 15) is 14.4 Å². The molecule has 2 aromatic carbocycles. The number of rotatable bonds is 3. The molecule has 2 aliphatic rings. The summed E-state index contributed by atoms with van der Waals surface area (Å²) in [5.74, 6) is 0.585. The first-order valence-electron chi connectivity index (χ1n) is 10.2. The molecule has 0 spiro atoms. The van der Waals surface area contributed by atoms with Gasteiger partial charge in [0.25, 0.3) is 5.56 Å². The van der Waals surface area contributed by atoms with Gasteiger partial charge in [-0.05, 0) is 55.0 Å². The van der Waals surface area contributed by atoms with Gasteiger partial charge in [-0.15, -0.1) is 0 Å². The Morgan fingerprint density at radius 3 is 2.15 bits per heavy atom. The number of carbonyl (C=O) groups is 1. The first-order chi connectivity index (χ1) is 15.8. The molecule has 0 amide bonds. The van der Waals surface area contributed by atoms with Gasteiger partial charge in [-0.2, -0.15) is 0 Å². The largest absolute Gasteiger partial charge is 0.332 e. The molecule has 33 heavy (non-hydrogen) atoms. The lowest BCUT2D eigenvalue weighted by Crippen LogP contribution is -2.42. The highest BCUT2D eigenvalue weighted by Gasteiger charge is 2.38. The van der Waals surface area contributed by atoms with E-state index in [-0.39, 0.29) is 17.2 Å². The highest BCUT2D eigenvalue weighted by atomic mass is 35.5. The second-order valence-electron chi connectivity index (χ2n) is 7.91. The lowest BCUT2D eigenvalue weighted by atomic mass is 9.98. The van der Waals surface area contributed by atoms with Crippen LogP contribution in [-0.4, -0.2) is 32.2 Å². The monoisotopic (exact) mass is 480 g/mol. The topological polar surface area (TPSA) is 76.7 Å². The number of aliphatic imine (C=N–C) groups is 1. The highest BCUT2D eigenvalue weighted by molar-refractivity contribution is 6.31. The van der Waals surface area contributed by atoms with Gasteiger partial charge < -0.3 is 4.90 Å². The molecule has 1 aromatic heterocycles. The second-order valence-corrected chi connectivity index (χ2v) is 8.78. The number of nitrogens with zero attached hydrogens (tertiary/aromatic N) is 4. The first-order valence-corrected chi connectivity index (χ1v) is 11.0. The number of benzene rings is 2. The number of hydrogen-bond acceptors (Lipinski definition) is 5. The Morgan fingerprint density at radius 1 is 0.909 bits per heavy atom. The second kappa shape index (κ2) is 7.86. The van der Waals surface area contributed by atoms with Crippen molar-refractivity contribution >= 4 is 46.3 Å². The number of halogens is 2. The highest BCUT2D eigenvalue weighted by Crippen LogP contribution is 2.40. The van der Waals surface area contributed by atoms with Crippen LogP contribution >= 0.6 is 23.2 Å². The molecule has 0 radical (unpaired) electrons. The van der Waals surface area contributed by atoms with Crippen LogP contribution in [0.25, 0.3) is 5.70 Å². The fraction of sp³-hybridized carbons (Fsp3) is 0.167. The molecule has 0 saturated heterocycles. The van der Waals surface area contributed by atoms with Crippen molar-refractivity contribution in [2.75, 3.05) is 6.54 Å². The van der Waals surface area contributed by atoms with E-state index in [1.807, 2.05) is 17.0 Å². The molecule has 0 saturated carbocycles. The van der Waals surface area contributed by atoms with Crippen LogP contribution in [0.15, 0.2) is 68.7 Å². The van der Waals surface area contributed by atoms with Gasteiger partial charge in [0.1, 0.15) is 11.4 Å². The Bertz CT molecular complexity index is 1500. The van der Waals surface area contributed by atoms with Crippen LogP contribution in [0.3, 0.4) is 0 Å². The minimum absolute atomic E-state index is 0.191. The number of fused-ring (bicyclic) bond motifs is 3. The Labute approximate surface area is 198 Å². The molecule has 5 rings (SSSR count). The maximum absolute atomic E-state index is 13.5. The SMILES string of the molecule is Cn1c2c(c(=O)n(C)c1=O)C1=C(C(=O)c3ccc(Cl)cc3)CCN1C(c1ccc(Cl)cc1)=N2. The van der Waals surface area contributed by atoms with Gasteiger partial charge in [0.15, 0.2) is 11.6 Å². The van der Waals surface area contributed by atoms with Crippen molar-refractivity contribution < 1.29 is 4.79 Å². The summed E-state index contributed by atoms with van der Waals surface area (Å²) in [4.78, 5) is 46.0. The van der Waals surface area contributed by atoms with E-state index in [0.717, 1.165) is 10.1 Å². The molecule has 2 aliphatic heterocycles. The molecule has 0 unspecified atom stereocenters. The van der Waals surface area contributed by atoms with E-state index in [4.69, 9.17) is 28.2 Å². The summed E-state index contributed by atoms with van der Waals surface area (Å²) in [6, 6.07) is 13.8. The lowest BCUT2D eigenvalue weighted by Gasteiger charge is -2.30. The normalized spacial score (nSPS) is 14.8. The van der Waals surface area contributed by atoms with Gasteiger partial charge >= 0.3 is 5.69 Å². The zero-order valence-corrected chi connectivity index (χ0v) is 19.3. The van der Waals surface area contributed by atoms with Crippen LogP contribution in [0.4, 0.5) is 5.82 Å². The van der Waals surface area contributed by atoms with E-state index in [1.165, 1.54) is 11.6 Å². The van der Waals surface area contributed by atoms with E-state index in [2.05, 4.69) is 0 Å². The Hall–Kier alpha value is -3.42. The molecule has 3 heterocycles. The van der Waals surface area contributed by atoms with Crippen molar-refractivity contribution in [1.82, 2.24) is 14.0 Å². The molecule has 0 fully saturated rings. The fourth-order valence-corrected chi connectivity index (χ4v) is 4.51. The van der Waals surface area contributed by atoms with Gasteiger partial charge in [0.2, 0.25) is 0 Å². The number of carbonyl (C=O) groups excluding carboxylic acids is 1. The zero-order chi connectivity index (χ0) is 23.4. The minimum atomic E-state index is -0.490. The summed E-state index contributed by atoms with van der Waals surface area (Å²) in [6.07, 6.45) is 0.425. The van der Waals surface area contributed by atoms with Crippen LogP contribution in [0.1, 0.15) is 27.9 Å². The Morgan fingerprint density at radius 2 is 1.52 bits per heavy atom. The molecule has 7 nitrogen and oxygen atoms in total. The molecule has 0 atom stereocenters. The standard InChI is InChI=1S/C24H18Cl2N4O3/c1-28-22-18(23(32)29(2)24(28)33)19-17(20(31)13-3-7-15(25)8-4-13)11-12-30(19)21(27-22)14-5-9-16(26)10-6-14/h3-10H,11-12H2,1-2H3. The van der Waals surface area contributed by atoms with Crippen molar-refractivity contribution in [2.45, 2.75) is 6.42 Å². The van der Waals surface area contributed by atoms with Gasteiger partial charge in [-0.25, -0.2) is 9.79 Å². The predicted molar refractivity (Wildman–Crippen MR) is 129 cm³/mol. The van der Waals surface area contributed by atoms with Gasteiger partial charge in [0, 0.05) is 47.4 Å². The van der Waals surface area contributed by atoms with E-state index >= 15 is 0 Å². The number of amidine groups is 1. The van der Waals surface area contributed by atoms with Crippen LogP contribution < -0.4 is 11.2 Å². The summed E-state index contributed by atoms with van der Waals surface area (Å²) in [6.45, 7) is 0.469. The Balaban J connectivity index is 1.81. The Kier molecular flexibility index (Phi) is 5.11. The average Bonchev–Trinajstić information content (AvgIpc) is 3.26.